The summed E-state index contributed by atoms with van der Waals surface area (Å²) in [6.07, 6.45) is 4.82. The third-order valence-electron chi connectivity index (χ3n) is 3.60. The Bertz CT molecular complexity index is 366. The highest BCUT2D eigenvalue weighted by Gasteiger charge is 2.26. The van der Waals surface area contributed by atoms with Crippen molar-refractivity contribution in [2.45, 2.75) is 19.4 Å². The van der Waals surface area contributed by atoms with Crippen LogP contribution in [-0.2, 0) is 6.54 Å². The van der Waals surface area contributed by atoms with Crippen molar-refractivity contribution < 1.29 is 0 Å². The Morgan fingerprint density at radius 3 is 2.65 bits per heavy atom. The first-order chi connectivity index (χ1) is 8.35. The Morgan fingerprint density at radius 2 is 2.06 bits per heavy atom. The van der Waals surface area contributed by atoms with Crippen molar-refractivity contribution in [2.75, 3.05) is 37.6 Å². The molecule has 0 radical (unpaired) electrons. The standard InChI is InChI=1S/C12H20N4S/c13-7-11-8-14-12(17-11)16-5-3-15(4-6-16)9-10-1-2-10/h8,10H,1-7,9,13H2. The minimum atomic E-state index is 0.610. The molecule has 1 saturated heterocycles. The highest BCUT2D eigenvalue weighted by atomic mass is 32.1. The molecule has 0 unspecified atom stereocenters. The summed E-state index contributed by atoms with van der Waals surface area (Å²) in [4.78, 5) is 10.6. The van der Waals surface area contributed by atoms with Gasteiger partial charge >= 0.3 is 0 Å². The second-order valence-electron chi connectivity index (χ2n) is 5.04. The van der Waals surface area contributed by atoms with Crippen LogP contribution in [-0.4, -0.2) is 42.6 Å². The van der Waals surface area contributed by atoms with E-state index in [0.717, 1.165) is 24.1 Å². The minimum Gasteiger partial charge on any atom is -0.346 e. The van der Waals surface area contributed by atoms with Gasteiger partial charge in [0.1, 0.15) is 0 Å². The summed E-state index contributed by atoms with van der Waals surface area (Å²) in [5, 5.41) is 1.15. The van der Waals surface area contributed by atoms with E-state index in [1.54, 1.807) is 11.3 Å². The number of anilines is 1. The van der Waals surface area contributed by atoms with Gasteiger partial charge in [-0.3, -0.25) is 4.90 Å². The van der Waals surface area contributed by atoms with Gasteiger partial charge < -0.3 is 10.6 Å². The maximum absolute atomic E-state index is 5.62. The van der Waals surface area contributed by atoms with Crippen LogP contribution in [0.15, 0.2) is 6.20 Å². The van der Waals surface area contributed by atoms with Gasteiger partial charge in [0.25, 0.3) is 0 Å². The average Bonchev–Trinajstić information content (AvgIpc) is 3.05. The normalized spacial score (nSPS) is 22.1. The molecule has 94 valence electrons. The Kier molecular flexibility index (Phi) is 3.31. The fourth-order valence-electron chi connectivity index (χ4n) is 2.33. The lowest BCUT2D eigenvalue weighted by atomic mass is 10.3. The van der Waals surface area contributed by atoms with Crippen LogP contribution in [0, 0.1) is 5.92 Å². The molecule has 1 saturated carbocycles. The van der Waals surface area contributed by atoms with Gasteiger partial charge in [-0.05, 0) is 18.8 Å². The van der Waals surface area contributed by atoms with Gasteiger partial charge in [0.05, 0.1) is 0 Å². The SMILES string of the molecule is NCc1cnc(N2CCN(CC3CC3)CC2)s1. The van der Waals surface area contributed by atoms with Crippen molar-refractivity contribution in [3.05, 3.63) is 11.1 Å². The molecule has 2 N–H and O–H groups in total. The molecule has 17 heavy (non-hydrogen) atoms. The molecule has 0 atom stereocenters. The molecule has 0 amide bonds. The quantitative estimate of drug-likeness (QED) is 0.872. The lowest BCUT2D eigenvalue weighted by Crippen LogP contribution is -2.46. The van der Waals surface area contributed by atoms with Crippen molar-refractivity contribution >= 4 is 16.5 Å². The second-order valence-corrected chi connectivity index (χ2v) is 6.14. The Morgan fingerprint density at radius 1 is 1.29 bits per heavy atom. The smallest absolute Gasteiger partial charge is 0.185 e. The monoisotopic (exact) mass is 252 g/mol. The average molecular weight is 252 g/mol. The molecule has 2 aliphatic rings. The summed E-state index contributed by atoms with van der Waals surface area (Å²) in [7, 11) is 0. The highest BCUT2D eigenvalue weighted by molar-refractivity contribution is 7.15. The van der Waals surface area contributed by atoms with Crippen molar-refractivity contribution in [1.29, 1.82) is 0 Å². The number of hydrogen-bond donors (Lipinski definition) is 1. The van der Waals surface area contributed by atoms with Crippen LogP contribution in [0.3, 0.4) is 0 Å². The molecular formula is C12H20N4S. The zero-order chi connectivity index (χ0) is 11.7. The molecule has 1 aromatic rings. The molecule has 5 heteroatoms. The van der Waals surface area contributed by atoms with E-state index >= 15 is 0 Å². The van der Waals surface area contributed by atoms with Crippen LogP contribution in [0.4, 0.5) is 5.13 Å². The van der Waals surface area contributed by atoms with Crippen molar-refractivity contribution in [3.63, 3.8) is 0 Å². The predicted octanol–water partition coefficient (Wildman–Crippen LogP) is 1.13. The number of nitrogens with two attached hydrogens (primary N) is 1. The van der Waals surface area contributed by atoms with E-state index in [1.165, 1.54) is 37.4 Å². The van der Waals surface area contributed by atoms with Crippen LogP contribution in [0.2, 0.25) is 0 Å². The van der Waals surface area contributed by atoms with Crippen molar-refractivity contribution in [3.8, 4) is 0 Å². The third-order valence-corrected chi connectivity index (χ3v) is 4.68. The van der Waals surface area contributed by atoms with E-state index in [2.05, 4.69) is 14.8 Å². The van der Waals surface area contributed by atoms with E-state index in [-0.39, 0.29) is 0 Å². The van der Waals surface area contributed by atoms with Crippen molar-refractivity contribution in [1.82, 2.24) is 9.88 Å². The lowest BCUT2D eigenvalue weighted by molar-refractivity contribution is 0.248. The van der Waals surface area contributed by atoms with Gasteiger partial charge in [-0.25, -0.2) is 4.98 Å². The van der Waals surface area contributed by atoms with Gasteiger partial charge in [-0.1, -0.05) is 0 Å². The van der Waals surface area contributed by atoms with Crippen LogP contribution in [0.25, 0.3) is 0 Å². The fourth-order valence-corrected chi connectivity index (χ4v) is 3.17. The van der Waals surface area contributed by atoms with E-state index in [1.807, 2.05) is 6.20 Å². The second kappa shape index (κ2) is 4.92. The first-order valence-corrected chi connectivity index (χ1v) is 7.29. The molecule has 0 aromatic carbocycles. The number of rotatable bonds is 4. The van der Waals surface area contributed by atoms with E-state index in [9.17, 15) is 0 Å². The molecule has 0 bridgehead atoms. The molecule has 0 spiro atoms. The van der Waals surface area contributed by atoms with Crippen molar-refractivity contribution in [2.24, 2.45) is 11.7 Å². The first kappa shape index (κ1) is 11.4. The Labute approximate surface area is 106 Å². The molecule has 2 fully saturated rings. The van der Waals surface area contributed by atoms with Crippen LogP contribution < -0.4 is 10.6 Å². The molecule has 1 aliphatic heterocycles. The van der Waals surface area contributed by atoms with Crippen LogP contribution in [0.5, 0.6) is 0 Å². The van der Waals surface area contributed by atoms with Crippen LogP contribution in [0.1, 0.15) is 17.7 Å². The molecule has 4 nitrogen and oxygen atoms in total. The maximum Gasteiger partial charge on any atom is 0.185 e. The zero-order valence-corrected chi connectivity index (χ0v) is 11.0. The first-order valence-electron chi connectivity index (χ1n) is 6.47. The molecule has 1 aromatic heterocycles. The van der Waals surface area contributed by atoms with E-state index in [0.29, 0.717) is 6.54 Å². The fraction of sp³-hybridized carbons (Fsp3) is 0.750. The third kappa shape index (κ3) is 2.78. The lowest BCUT2D eigenvalue weighted by Gasteiger charge is -2.34. The summed E-state index contributed by atoms with van der Waals surface area (Å²) in [5.41, 5.74) is 5.62. The summed E-state index contributed by atoms with van der Waals surface area (Å²) < 4.78 is 0. The molecule has 3 rings (SSSR count). The molecular weight excluding hydrogens is 232 g/mol. The number of aromatic nitrogens is 1. The number of nitrogens with zero attached hydrogens (tertiary/aromatic N) is 3. The van der Waals surface area contributed by atoms with Gasteiger partial charge in [0.15, 0.2) is 5.13 Å². The maximum atomic E-state index is 5.62. The summed E-state index contributed by atoms with van der Waals surface area (Å²) in [5.74, 6) is 1.00. The van der Waals surface area contributed by atoms with Gasteiger partial charge in [-0.15, -0.1) is 11.3 Å². The van der Waals surface area contributed by atoms with E-state index in [4.69, 9.17) is 5.73 Å². The van der Waals surface area contributed by atoms with E-state index < -0.39 is 0 Å². The minimum absolute atomic E-state index is 0.610. The summed E-state index contributed by atoms with van der Waals surface area (Å²) >= 11 is 1.74. The summed E-state index contributed by atoms with van der Waals surface area (Å²) in [6.45, 7) is 6.54. The number of hydrogen-bond acceptors (Lipinski definition) is 5. The summed E-state index contributed by atoms with van der Waals surface area (Å²) in [6, 6.07) is 0. The highest BCUT2D eigenvalue weighted by Crippen LogP contribution is 2.30. The van der Waals surface area contributed by atoms with Gasteiger partial charge in [0.2, 0.25) is 0 Å². The van der Waals surface area contributed by atoms with Crippen LogP contribution >= 0.6 is 11.3 Å². The molecule has 1 aliphatic carbocycles. The topological polar surface area (TPSA) is 45.4 Å². The van der Waals surface area contributed by atoms with Gasteiger partial charge in [-0.2, -0.15) is 0 Å². The Balaban J connectivity index is 1.52. The zero-order valence-electron chi connectivity index (χ0n) is 10.1. The predicted molar refractivity (Wildman–Crippen MR) is 71.4 cm³/mol. The van der Waals surface area contributed by atoms with Gasteiger partial charge in [0, 0.05) is 50.3 Å². The molecule has 2 heterocycles. The largest absolute Gasteiger partial charge is 0.346 e. The number of piperazine rings is 1. The Hall–Kier alpha value is -0.650. The number of thiazole rings is 1.